The van der Waals surface area contributed by atoms with Gasteiger partial charge in [-0.25, -0.2) is 15.0 Å². The van der Waals surface area contributed by atoms with Crippen molar-refractivity contribution in [3.63, 3.8) is 0 Å². The topological polar surface area (TPSA) is 58.3 Å². The Kier molecular flexibility index (Phi) is 4.78. The molecule has 1 aliphatic heterocycles. The van der Waals surface area contributed by atoms with E-state index < -0.39 is 0 Å². The summed E-state index contributed by atoms with van der Waals surface area (Å²) in [7, 11) is 0. The maximum Gasteiger partial charge on any atom is 0.194 e. The summed E-state index contributed by atoms with van der Waals surface area (Å²) in [6.45, 7) is 15.8. The third-order valence-corrected chi connectivity index (χ3v) is 5.77. The van der Waals surface area contributed by atoms with Gasteiger partial charge in [-0.3, -0.25) is 4.57 Å². The van der Waals surface area contributed by atoms with E-state index in [1.54, 1.807) is 6.20 Å². The molecule has 1 fully saturated rings. The van der Waals surface area contributed by atoms with Gasteiger partial charge in [-0.05, 0) is 39.3 Å². The highest BCUT2D eigenvalue weighted by atomic mass is 15.4. The third kappa shape index (κ3) is 3.20. The molecule has 2 aromatic rings. The molecule has 1 N–H and O–H groups in total. The van der Waals surface area contributed by atoms with Crippen molar-refractivity contribution in [3.05, 3.63) is 42.1 Å². The number of guanidine groups is 1. The van der Waals surface area contributed by atoms with Gasteiger partial charge in [0.2, 0.25) is 0 Å². The van der Waals surface area contributed by atoms with Crippen LogP contribution in [0, 0.1) is 12.3 Å². The van der Waals surface area contributed by atoms with E-state index in [1.165, 1.54) is 0 Å². The Morgan fingerprint density at radius 1 is 1.23 bits per heavy atom. The average molecular weight is 355 g/mol. The van der Waals surface area contributed by atoms with Crippen molar-refractivity contribution >= 4 is 5.96 Å². The van der Waals surface area contributed by atoms with Gasteiger partial charge in [0, 0.05) is 42.6 Å². The Morgan fingerprint density at radius 2 is 2.00 bits per heavy atom. The Morgan fingerprint density at radius 3 is 2.50 bits per heavy atom. The van der Waals surface area contributed by atoms with Gasteiger partial charge in [-0.1, -0.05) is 19.9 Å². The SMILES string of the molecule is CCNC(=NCc1ccc(-n2ccnc2C)nc1)N1CC(C)(C)C1(C)C. The molecule has 0 aromatic carbocycles. The van der Waals surface area contributed by atoms with Gasteiger partial charge < -0.3 is 10.2 Å². The second-order valence-electron chi connectivity index (χ2n) is 8.07. The number of hydrogen-bond acceptors (Lipinski definition) is 3. The summed E-state index contributed by atoms with van der Waals surface area (Å²) in [5.41, 5.74) is 1.48. The number of aryl methyl sites for hydroxylation is 1. The molecule has 2 aromatic heterocycles. The molecule has 6 nitrogen and oxygen atoms in total. The van der Waals surface area contributed by atoms with Crippen LogP contribution in [0.2, 0.25) is 0 Å². The smallest absolute Gasteiger partial charge is 0.194 e. The van der Waals surface area contributed by atoms with Crippen LogP contribution in [0.15, 0.2) is 35.7 Å². The summed E-state index contributed by atoms with van der Waals surface area (Å²) >= 11 is 0. The van der Waals surface area contributed by atoms with Gasteiger partial charge in [0.1, 0.15) is 11.6 Å². The standard InChI is InChI=1S/C20H30N6/c1-7-21-18(26-14-19(3,4)20(26,5)6)24-13-16-8-9-17(23-12-16)25-11-10-22-15(25)2/h8-12H,7,13-14H2,1-6H3,(H,21,24). The molecule has 6 heteroatoms. The van der Waals surface area contributed by atoms with Gasteiger partial charge in [0.05, 0.1) is 6.54 Å². The van der Waals surface area contributed by atoms with Crippen LogP contribution >= 0.6 is 0 Å². The highest BCUT2D eigenvalue weighted by molar-refractivity contribution is 5.82. The van der Waals surface area contributed by atoms with E-state index in [-0.39, 0.29) is 11.0 Å². The zero-order valence-electron chi connectivity index (χ0n) is 16.7. The average Bonchev–Trinajstić information content (AvgIpc) is 3.03. The number of imidazole rings is 1. The largest absolute Gasteiger partial charge is 0.356 e. The Balaban J connectivity index is 1.73. The van der Waals surface area contributed by atoms with E-state index in [4.69, 9.17) is 4.99 Å². The van der Waals surface area contributed by atoms with Crippen LogP contribution in [0.4, 0.5) is 0 Å². The molecule has 0 saturated carbocycles. The van der Waals surface area contributed by atoms with Crippen LogP contribution < -0.4 is 5.32 Å². The van der Waals surface area contributed by atoms with Crippen molar-refractivity contribution in [1.82, 2.24) is 24.8 Å². The zero-order valence-corrected chi connectivity index (χ0v) is 16.7. The quantitative estimate of drug-likeness (QED) is 0.677. The first kappa shape index (κ1) is 18.4. The number of aromatic nitrogens is 3. The first-order chi connectivity index (χ1) is 12.3. The van der Waals surface area contributed by atoms with Gasteiger partial charge in [-0.2, -0.15) is 0 Å². The molecular weight excluding hydrogens is 324 g/mol. The Bertz CT molecular complexity index is 785. The summed E-state index contributed by atoms with van der Waals surface area (Å²) in [5, 5.41) is 3.43. The minimum absolute atomic E-state index is 0.0923. The van der Waals surface area contributed by atoms with Gasteiger partial charge in [-0.15, -0.1) is 0 Å². The first-order valence-electron chi connectivity index (χ1n) is 9.27. The molecule has 0 bridgehead atoms. The summed E-state index contributed by atoms with van der Waals surface area (Å²) in [4.78, 5) is 16.0. The van der Waals surface area contributed by atoms with Crippen LogP contribution in [-0.2, 0) is 6.54 Å². The predicted octanol–water partition coefficient (Wildman–Crippen LogP) is 3.16. The molecule has 0 unspecified atom stereocenters. The van der Waals surface area contributed by atoms with E-state index in [2.05, 4.69) is 60.9 Å². The second-order valence-corrected chi connectivity index (χ2v) is 8.07. The number of rotatable bonds is 4. The maximum absolute atomic E-state index is 4.85. The minimum atomic E-state index is 0.0923. The summed E-state index contributed by atoms with van der Waals surface area (Å²) in [6, 6.07) is 4.10. The lowest BCUT2D eigenvalue weighted by Crippen LogP contribution is -2.72. The lowest BCUT2D eigenvalue weighted by atomic mass is 9.65. The van der Waals surface area contributed by atoms with Crippen LogP contribution in [0.3, 0.4) is 0 Å². The highest BCUT2D eigenvalue weighted by Gasteiger charge is 2.53. The number of pyridine rings is 1. The fourth-order valence-electron chi connectivity index (χ4n) is 3.23. The van der Waals surface area contributed by atoms with Crippen molar-refractivity contribution in [2.24, 2.45) is 10.4 Å². The minimum Gasteiger partial charge on any atom is -0.356 e. The fourth-order valence-corrected chi connectivity index (χ4v) is 3.23. The molecule has 0 aliphatic carbocycles. The number of likely N-dealkylation sites (tertiary alicyclic amines) is 1. The van der Waals surface area contributed by atoms with E-state index in [1.807, 2.05) is 30.0 Å². The fraction of sp³-hybridized carbons (Fsp3) is 0.550. The predicted molar refractivity (Wildman–Crippen MR) is 105 cm³/mol. The molecule has 0 amide bonds. The summed E-state index contributed by atoms with van der Waals surface area (Å²) in [6.07, 6.45) is 5.60. The molecule has 3 rings (SSSR count). The van der Waals surface area contributed by atoms with Crippen molar-refractivity contribution in [3.8, 4) is 5.82 Å². The first-order valence-corrected chi connectivity index (χ1v) is 9.27. The second kappa shape index (κ2) is 6.74. The van der Waals surface area contributed by atoms with Gasteiger partial charge in [0.25, 0.3) is 0 Å². The van der Waals surface area contributed by atoms with Crippen molar-refractivity contribution < 1.29 is 0 Å². The molecule has 0 spiro atoms. The van der Waals surface area contributed by atoms with E-state index in [0.29, 0.717) is 6.54 Å². The number of nitrogens with one attached hydrogen (secondary N) is 1. The van der Waals surface area contributed by atoms with E-state index in [0.717, 1.165) is 36.3 Å². The highest BCUT2D eigenvalue weighted by Crippen LogP contribution is 2.46. The summed E-state index contributed by atoms with van der Waals surface area (Å²) < 4.78 is 1.97. The van der Waals surface area contributed by atoms with Crippen LogP contribution in [-0.4, -0.2) is 44.0 Å². The van der Waals surface area contributed by atoms with Crippen molar-refractivity contribution in [1.29, 1.82) is 0 Å². The Labute approximate surface area is 156 Å². The molecule has 3 heterocycles. The van der Waals surface area contributed by atoms with Gasteiger partial charge >= 0.3 is 0 Å². The lowest BCUT2D eigenvalue weighted by molar-refractivity contribution is -0.0667. The maximum atomic E-state index is 4.85. The molecular formula is C20H30N6. The van der Waals surface area contributed by atoms with Crippen LogP contribution in [0.1, 0.15) is 46.0 Å². The molecule has 0 radical (unpaired) electrons. The molecule has 26 heavy (non-hydrogen) atoms. The molecule has 1 aliphatic rings. The van der Waals surface area contributed by atoms with E-state index >= 15 is 0 Å². The van der Waals surface area contributed by atoms with Crippen LogP contribution in [0.25, 0.3) is 5.82 Å². The van der Waals surface area contributed by atoms with Crippen molar-refractivity contribution in [2.75, 3.05) is 13.1 Å². The summed E-state index contributed by atoms with van der Waals surface area (Å²) in [5.74, 6) is 2.79. The third-order valence-electron chi connectivity index (χ3n) is 5.77. The normalized spacial score (nSPS) is 18.5. The lowest BCUT2D eigenvalue weighted by Gasteiger charge is -2.62. The zero-order chi connectivity index (χ0) is 18.9. The molecule has 1 saturated heterocycles. The molecule has 0 atom stereocenters. The number of aliphatic imine (C=N–C) groups is 1. The van der Waals surface area contributed by atoms with Gasteiger partial charge in [0.15, 0.2) is 5.96 Å². The Hall–Kier alpha value is -2.37. The van der Waals surface area contributed by atoms with Crippen LogP contribution in [0.5, 0.6) is 0 Å². The molecule has 140 valence electrons. The van der Waals surface area contributed by atoms with E-state index in [9.17, 15) is 0 Å². The number of nitrogens with zero attached hydrogens (tertiary/aromatic N) is 5. The monoisotopic (exact) mass is 354 g/mol. The number of hydrogen-bond donors (Lipinski definition) is 1. The van der Waals surface area contributed by atoms with Crippen molar-refractivity contribution in [2.45, 2.75) is 53.6 Å².